The Labute approximate surface area is 192 Å². The fourth-order valence-electron chi connectivity index (χ4n) is 3.53. The van der Waals surface area contributed by atoms with Crippen molar-refractivity contribution < 1.29 is 18.1 Å². The molecule has 2 aromatic carbocycles. The van der Waals surface area contributed by atoms with Gasteiger partial charge in [0.1, 0.15) is 0 Å². The Morgan fingerprint density at radius 2 is 1.81 bits per heavy atom. The van der Waals surface area contributed by atoms with Crippen molar-refractivity contribution in [3.63, 3.8) is 0 Å². The van der Waals surface area contributed by atoms with E-state index in [9.17, 15) is 23.3 Å². The van der Waals surface area contributed by atoms with Crippen LogP contribution in [0.15, 0.2) is 47.4 Å². The Morgan fingerprint density at radius 3 is 2.47 bits per heavy atom. The molecule has 1 fully saturated rings. The summed E-state index contributed by atoms with van der Waals surface area (Å²) in [6.07, 6.45) is 0.570. The number of aryl methyl sites for hydroxylation is 1. The van der Waals surface area contributed by atoms with Gasteiger partial charge < -0.3 is 5.32 Å². The first-order valence-corrected chi connectivity index (χ1v) is 12.0. The zero-order chi connectivity index (χ0) is 23.5. The summed E-state index contributed by atoms with van der Waals surface area (Å²) in [6.45, 7) is 5.14. The maximum absolute atomic E-state index is 13.0. The van der Waals surface area contributed by atoms with Gasteiger partial charge in [-0.2, -0.15) is 4.31 Å². The molecule has 0 saturated carbocycles. The van der Waals surface area contributed by atoms with Gasteiger partial charge >= 0.3 is 0 Å². The molecule has 172 valence electrons. The van der Waals surface area contributed by atoms with Crippen LogP contribution in [0.1, 0.15) is 18.9 Å². The monoisotopic (exact) mass is 480 g/mol. The van der Waals surface area contributed by atoms with Crippen molar-refractivity contribution in [1.29, 1.82) is 0 Å². The van der Waals surface area contributed by atoms with Crippen molar-refractivity contribution in [2.24, 2.45) is 0 Å². The van der Waals surface area contributed by atoms with Crippen molar-refractivity contribution in [3.8, 4) is 0 Å². The van der Waals surface area contributed by atoms with E-state index in [4.69, 9.17) is 11.6 Å². The first kappa shape index (κ1) is 24.1. The van der Waals surface area contributed by atoms with Crippen LogP contribution in [0.25, 0.3) is 0 Å². The molecule has 0 bridgehead atoms. The van der Waals surface area contributed by atoms with Crippen molar-refractivity contribution in [3.05, 3.63) is 63.2 Å². The average Bonchev–Trinajstić information content (AvgIpc) is 3.01. The highest BCUT2D eigenvalue weighted by Gasteiger charge is 2.30. The predicted molar refractivity (Wildman–Crippen MR) is 122 cm³/mol. The van der Waals surface area contributed by atoms with Gasteiger partial charge in [0, 0.05) is 38.3 Å². The molecule has 1 aliphatic rings. The SMILES string of the molecule is Cc1ccc(S(=O)(=O)N2CCCN([C@@H](C)C(=O)Nc3cc([N+](=O)[O-])ccc3Cl)CC2)cc1. The van der Waals surface area contributed by atoms with Crippen molar-refractivity contribution >= 4 is 38.9 Å². The molecule has 0 spiro atoms. The van der Waals surface area contributed by atoms with Crippen LogP contribution in [0.5, 0.6) is 0 Å². The summed E-state index contributed by atoms with van der Waals surface area (Å²) >= 11 is 6.07. The Kier molecular flexibility index (Phi) is 7.50. The van der Waals surface area contributed by atoms with Crippen molar-refractivity contribution in [1.82, 2.24) is 9.21 Å². The molecule has 0 radical (unpaired) electrons. The van der Waals surface area contributed by atoms with Crippen LogP contribution in [0, 0.1) is 17.0 Å². The van der Waals surface area contributed by atoms with E-state index < -0.39 is 21.0 Å². The van der Waals surface area contributed by atoms with E-state index in [2.05, 4.69) is 5.32 Å². The summed E-state index contributed by atoms with van der Waals surface area (Å²) < 4.78 is 27.4. The van der Waals surface area contributed by atoms with Crippen LogP contribution < -0.4 is 5.32 Å². The molecule has 0 aromatic heterocycles. The quantitative estimate of drug-likeness (QED) is 0.501. The molecule has 0 aliphatic carbocycles. The van der Waals surface area contributed by atoms with Crippen LogP contribution in [0.4, 0.5) is 11.4 Å². The minimum Gasteiger partial charge on any atom is -0.323 e. The molecule has 1 heterocycles. The first-order chi connectivity index (χ1) is 15.1. The van der Waals surface area contributed by atoms with Crippen LogP contribution in [0.3, 0.4) is 0 Å². The molecule has 1 amide bonds. The number of nitrogens with one attached hydrogen (secondary N) is 1. The molecule has 9 nitrogen and oxygen atoms in total. The van der Waals surface area contributed by atoms with E-state index in [-0.39, 0.29) is 33.7 Å². The van der Waals surface area contributed by atoms with E-state index in [1.165, 1.54) is 22.5 Å². The van der Waals surface area contributed by atoms with Gasteiger partial charge in [-0.15, -0.1) is 0 Å². The van der Waals surface area contributed by atoms with Crippen LogP contribution in [0.2, 0.25) is 5.02 Å². The number of hydrogen-bond acceptors (Lipinski definition) is 6. The Morgan fingerprint density at radius 1 is 1.12 bits per heavy atom. The van der Waals surface area contributed by atoms with E-state index in [0.717, 1.165) is 5.56 Å². The Balaban J connectivity index is 1.67. The van der Waals surface area contributed by atoms with E-state index in [1.807, 2.05) is 11.8 Å². The number of nitro benzene ring substituents is 1. The van der Waals surface area contributed by atoms with Gasteiger partial charge in [0.25, 0.3) is 5.69 Å². The molecule has 1 atom stereocenters. The van der Waals surface area contributed by atoms with Gasteiger partial charge in [-0.05, 0) is 38.5 Å². The fraction of sp³-hybridized carbons (Fsp3) is 0.381. The lowest BCUT2D eigenvalue weighted by molar-refractivity contribution is -0.384. The lowest BCUT2D eigenvalue weighted by atomic mass is 10.2. The third kappa shape index (κ3) is 5.44. The largest absolute Gasteiger partial charge is 0.323 e. The molecule has 2 aromatic rings. The predicted octanol–water partition coefficient (Wildman–Crippen LogP) is 3.28. The second kappa shape index (κ2) is 9.95. The zero-order valence-electron chi connectivity index (χ0n) is 17.8. The zero-order valence-corrected chi connectivity index (χ0v) is 19.4. The minimum absolute atomic E-state index is 0.163. The summed E-state index contributed by atoms with van der Waals surface area (Å²) in [5.74, 6) is -0.373. The van der Waals surface area contributed by atoms with E-state index in [1.54, 1.807) is 31.2 Å². The second-order valence-corrected chi connectivity index (χ2v) is 10.0. The Hall–Kier alpha value is -2.53. The maximum Gasteiger partial charge on any atom is 0.271 e. The topological polar surface area (TPSA) is 113 Å². The highest BCUT2D eigenvalue weighted by Crippen LogP contribution is 2.27. The summed E-state index contributed by atoms with van der Waals surface area (Å²) in [5, 5.41) is 13.8. The third-order valence-electron chi connectivity index (χ3n) is 5.49. The number of anilines is 1. The van der Waals surface area contributed by atoms with Gasteiger partial charge in [-0.25, -0.2) is 8.42 Å². The van der Waals surface area contributed by atoms with Crippen LogP contribution >= 0.6 is 11.6 Å². The summed E-state index contributed by atoms with van der Waals surface area (Å²) in [5.41, 5.74) is 0.967. The number of amides is 1. The number of halogens is 1. The highest BCUT2D eigenvalue weighted by atomic mass is 35.5. The number of non-ortho nitro benzene ring substituents is 1. The molecular formula is C21H25ClN4O5S. The standard InChI is InChI=1S/C21H25ClN4O5S/c1-15-4-7-18(8-5-15)32(30,31)25-11-3-10-24(12-13-25)16(2)21(27)23-20-14-17(26(28)29)6-9-19(20)22/h4-9,14,16H,3,10-13H2,1-2H3,(H,23,27)/t16-/m0/s1. The number of carbonyl (C=O) groups excluding carboxylic acids is 1. The summed E-state index contributed by atoms with van der Waals surface area (Å²) in [6, 6.07) is 10.0. The van der Waals surface area contributed by atoms with Crippen molar-refractivity contribution in [2.75, 3.05) is 31.5 Å². The van der Waals surface area contributed by atoms with Gasteiger partial charge in [0.05, 0.1) is 26.6 Å². The summed E-state index contributed by atoms with van der Waals surface area (Å²) in [4.78, 5) is 25.3. The highest BCUT2D eigenvalue weighted by molar-refractivity contribution is 7.89. The Bertz CT molecular complexity index is 1110. The molecule has 0 unspecified atom stereocenters. The molecule has 32 heavy (non-hydrogen) atoms. The van der Waals surface area contributed by atoms with Gasteiger partial charge in [0.2, 0.25) is 15.9 Å². The molecule has 11 heteroatoms. The number of sulfonamides is 1. The van der Waals surface area contributed by atoms with Crippen molar-refractivity contribution in [2.45, 2.75) is 31.2 Å². The van der Waals surface area contributed by atoms with E-state index in [0.29, 0.717) is 26.1 Å². The van der Waals surface area contributed by atoms with Gasteiger partial charge in [-0.1, -0.05) is 29.3 Å². The number of nitro groups is 1. The van der Waals surface area contributed by atoms with Gasteiger partial charge in [-0.3, -0.25) is 19.8 Å². The van der Waals surface area contributed by atoms with Crippen LogP contribution in [-0.4, -0.2) is 60.7 Å². The van der Waals surface area contributed by atoms with E-state index >= 15 is 0 Å². The minimum atomic E-state index is -3.61. The summed E-state index contributed by atoms with van der Waals surface area (Å²) in [7, 11) is -3.61. The smallest absolute Gasteiger partial charge is 0.271 e. The second-order valence-electron chi connectivity index (χ2n) is 7.69. The number of benzene rings is 2. The number of rotatable bonds is 6. The lowest BCUT2D eigenvalue weighted by Gasteiger charge is -2.27. The molecule has 1 N–H and O–H groups in total. The number of nitrogens with zero attached hydrogens (tertiary/aromatic N) is 3. The average molecular weight is 481 g/mol. The lowest BCUT2D eigenvalue weighted by Crippen LogP contribution is -2.44. The van der Waals surface area contributed by atoms with Gasteiger partial charge in [0.15, 0.2) is 0 Å². The number of hydrogen-bond donors (Lipinski definition) is 1. The molecule has 1 aliphatic heterocycles. The van der Waals surface area contributed by atoms with Crippen LogP contribution in [-0.2, 0) is 14.8 Å². The fourth-order valence-corrected chi connectivity index (χ4v) is 5.16. The maximum atomic E-state index is 13.0. The number of carbonyl (C=O) groups is 1. The molecule has 1 saturated heterocycles. The molecule has 3 rings (SSSR count). The molecular weight excluding hydrogens is 456 g/mol. The first-order valence-electron chi connectivity index (χ1n) is 10.2. The third-order valence-corrected chi connectivity index (χ3v) is 7.74. The normalized spacial score (nSPS) is 16.8.